The van der Waals surface area contributed by atoms with Crippen LogP contribution in [0.25, 0.3) is 0 Å². The van der Waals surface area contributed by atoms with Crippen LogP contribution in [0.3, 0.4) is 0 Å². The molecule has 0 aromatic rings. The average Bonchev–Trinajstić information content (AvgIpc) is 3.07. The lowest BCUT2D eigenvalue weighted by Gasteiger charge is -2.61. The molecule has 4 aliphatic rings. The van der Waals surface area contributed by atoms with Crippen LogP contribution in [-0.4, -0.2) is 11.1 Å². The summed E-state index contributed by atoms with van der Waals surface area (Å²) >= 11 is 0. The Hall–Kier alpha value is -0.530. The van der Waals surface area contributed by atoms with E-state index in [1.807, 2.05) is 0 Å². The number of carboxylic acids is 1. The van der Waals surface area contributed by atoms with Crippen LogP contribution in [0.4, 0.5) is 0 Å². The predicted octanol–water partition coefficient (Wildman–Crippen LogP) is 8.20. The van der Waals surface area contributed by atoms with Crippen LogP contribution in [0.5, 0.6) is 0 Å². The van der Waals surface area contributed by atoms with Gasteiger partial charge in [0.1, 0.15) is 0 Å². The molecule has 178 valence electrons. The first-order chi connectivity index (χ1) is 14.7. The van der Waals surface area contributed by atoms with Crippen LogP contribution >= 0.6 is 0 Å². The van der Waals surface area contributed by atoms with Gasteiger partial charge in [-0.25, -0.2) is 0 Å². The molecule has 0 bridgehead atoms. The Balaban J connectivity index is 1.43. The molecule has 31 heavy (non-hydrogen) atoms. The first-order valence-corrected chi connectivity index (χ1v) is 13.9. The maximum atomic E-state index is 11.3. The van der Waals surface area contributed by atoms with E-state index in [0.29, 0.717) is 29.1 Å². The standard InChI is InChI=1S/C29H50O2/c1-19(2)21(18-27(30)31)10-9-20(3)24-13-14-25-23-12-11-22-8-6-7-16-28(22,4)26(23)15-17-29(24,25)5/h19-26H,6-18H2,1-5H3,(H,30,31). The molecule has 0 aromatic heterocycles. The zero-order chi connectivity index (χ0) is 22.4. The van der Waals surface area contributed by atoms with Crippen molar-refractivity contribution in [1.82, 2.24) is 0 Å². The summed E-state index contributed by atoms with van der Waals surface area (Å²) in [7, 11) is 0. The Bertz CT molecular complexity index is 641. The van der Waals surface area contributed by atoms with Gasteiger partial charge in [0.15, 0.2) is 0 Å². The van der Waals surface area contributed by atoms with E-state index >= 15 is 0 Å². The number of carboxylic acid groups (broad SMARTS) is 1. The summed E-state index contributed by atoms with van der Waals surface area (Å²) in [6, 6.07) is 0. The minimum absolute atomic E-state index is 0.335. The molecule has 0 heterocycles. The smallest absolute Gasteiger partial charge is 0.303 e. The van der Waals surface area contributed by atoms with Crippen molar-refractivity contribution in [1.29, 1.82) is 0 Å². The van der Waals surface area contributed by atoms with E-state index in [0.717, 1.165) is 41.9 Å². The molecule has 4 aliphatic carbocycles. The van der Waals surface area contributed by atoms with Gasteiger partial charge in [0, 0.05) is 6.42 Å². The molecule has 4 rings (SSSR count). The molecule has 0 radical (unpaired) electrons. The minimum Gasteiger partial charge on any atom is -0.481 e. The number of rotatable bonds is 7. The van der Waals surface area contributed by atoms with Crippen molar-refractivity contribution in [3.63, 3.8) is 0 Å². The van der Waals surface area contributed by atoms with Gasteiger partial charge >= 0.3 is 5.97 Å². The van der Waals surface area contributed by atoms with Gasteiger partial charge in [-0.3, -0.25) is 4.79 Å². The molecule has 0 amide bonds. The van der Waals surface area contributed by atoms with Crippen molar-refractivity contribution >= 4 is 5.97 Å². The lowest BCUT2D eigenvalue weighted by molar-refractivity contribution is -0.138. The molecule has 2 heteroatoms. The number of carbonyl (C=O) groups is 1. The maximum Gasteiger partial charge on any atom is 0.303 e. The van der Waals surface area contributed by atoms with E-state index in [1.165, 1.54) is 70.6 Å². The Kier molecular flexibility index (Phi) is 6.87. The number of fused-ring (bicyclic) bond motifs is 5. The quantitative estimate of drug-likeness (QED) is 0.442. The second-order valence-electron chi connectivity index (χ2n) is 13.3. The number of hydrogen-bond donors (Lipinski definition) is 1. The zero-order valence-electron chi connectivity index (χ0n) is 21.2. The molecule has 0 spiro atoms. The molecule has 9 atom stereocenters. The third-order valence-corrected chi connectivity index (χ3v) is 11.7. The highest BCUT2D eigenvalue weighted by Gasteiger charge is 2.60. The SMILES string of the molecule is CC(C)C(CCC(C)C1CCC2C3CCC4CCCCC4(C)C3CCC12C)CC(=O)O. The minimum atomic E-state index is -0.621. The normalized spacial score (nSPS) is 44.3. The van der Waals surface area contributed by atoms with Crippen molar-refractivity contribution in [2.45, 2.75) is 118 Å². The number of hydrogen-bond acceptors (Lipinski definition) is 1. The lowest BCUT2D eigenvalue weighted by Crippen LogP contribution is -2.53. The summed E-state index contributed by atoms with van der Waals surface area (Å²) in [5.41, 5.74) is 1.19. The van der Waals surface area contributed by atoms with Crippen LogP contribution in [0.1, 0.15) is 118 Å². The second kappa shape index (κ2) is 9.02. The second-order valence-corrected chi connectivity index (χ2v) is 13.3. The summed E-state index contributed by atoms with van der Waals surface area (Å²) < 4.78 is 0. The summed E-state index contributed by atoms with van der Waals surface area (Å²) in [4.78, 5) is 11.3. The third kappa shape index (κ3) is 4.23. The Labute approximate surface area is 192 Å². The van der Waals surface area contributed by atoms with Gasteiger partial charge < -0.3 is 5.11 Å². The molecular formula is C29H50O2. The average molecular weight is 431 g/mol. The monoisotopic (exact) mass is 430 g/mol. The Morgan fingerprint density at radius 3 is 2.32 bits per heavy atom. The molecule has 0 saturated heterocycles. The fourth-order valence-corrected chi connectivity index (χ4v) is 9.84. The molecule has 2 nitrogen and oxygen atoms in total. The van der Waals surface area contributed by atoms with E-state index in [1.54, 1.807) is 0 Å². The summed E-state index contributed by atoms with van der Waals surface area (Å²) in [6.45, 7) is 12.3. The van der Waals surface area contributed by atoms with Gasteiger partial charge in [0.25, 0.3) is 0 Å². The molecule has 4 fully saturated rings. The van der Waals surface area contributed by atoms with E-state index in [9.17, 15) is 9.90 Å². The fraction of sp³-hybridized carbons (Fsp3) is 0.966. The van der Waals surface area contributed by atoms with Crippen molar-refractivity contribution < 1.29 is 9.90 Å². The first kappa shape index (κ1) is 23.6. The molecule has 1 N–H and O–H groups in total. The topological polar surface area (TPSA) is 37.3 Å². The summed E-state index contributed by atoms with van der Waals surface area (Å²) in [5, 5.41) is 9.32. The predicted molar refractivity (Wildman–Crippen MR) is 129 cm³/mol. The Morgan fingerprint density at radius 1 is 0.871 bits per heavy atom. The van der Waals surface area contributed by atoms with Crippen LogP contribution in [0, 0.1) is 58.2 Å². The largest absolute Gasteiger partial charge is 0.481 e. The van der Waals surface area contributed by atoms with Crippen molar-refractivity contribution in [2.75, 3.05) is 0 Å². The van der Waals surface area contributed by atoms with Gasteiger partial charge in [-0.15, -0.1) is 0 Å². The van der Waals surface area contributed by atoms with E-state index in [2.05, 4.69) is 34.6 Å². The van der Waals surface area contributed by atoms with E-state index in [4.69, 9.17) is 0 Å². The number of aliphatic carboxylic acids is 1. The van der Waals surface area contributed by atoms with Crippen LogP contribution in [0.2, 0.25) is 0 Å². The fourth-order valence-electron chi connectivity index (χ4n) is 9.84. The molecule has 9 unspecified atom stereocenters. The van der Waals surface area contributed by atoms with Crippen molar-refractivity contribution in [3.05, 3.63) is 0 Å². The van der Waals surface area contributed by atoms with Gasteiger partial charge in [0.2, 0.25) is 0 Å². The molecular weight excluding hydrogens is 380 g/mol. The molecule has 0 aromatic carbocycles. The highest BCUT2D eigenvalue weighted by molar-refractivity contribution is 5.67. The first-order valence-electron chi connectivity index (χ1n) is 13.9. The Morgan fingerprint density at radius 2 is 1.61 bits per heavy atom. The maximum absolute atomic E-state index is 11.3. The third-order valence-electron chi connectivity index (χ3n) is 11.7. The van der Waals surface area contributed by atoms with Crippen LogP contribution < -0.4 is 0 Å². The van der Waals surface area contributed by atoms with Gasteiger partial charge in [-0.05, 0) is 116 Å². The van der Waals surface area contributed by atoms with Crippen molar-refractivity contribution in [2.24, 2.45) is 58.2 Å². The molecule has 4 saturated carbocycles. The summed E-state index contributed by atoms with van der Waals surface area (Å²) in [5.74, 6) is 5.74. The van der Waals surface area contributed by atoms with Crippen LogP contribution in [-0.2, 0) is 4.79 Å². The molecule has 0 aliphatic heterocycles. The lowest BCUT2D eigenvalue weighted by atomic mass is 9.44. The van der Waals surface area contributed by atoms with Crippen LogP contribution in [0.15, 0.2) is 0 Å². The van der Waals surface area contributed by atoms with Crippen molar-refractivity contribution in [3.8, 4) is 0 Å². The zero-order valence-corrected chi connectivity index (χ0v) is 21.2. The van der Waals surface area contributed by atoms with Gasteiger partial charge in [-0.1, -0.05) is 53.9 Å². The van der Waals surface area contributed by atoms with E-state index < -0.39 is 5.97 Å². The van der Waals surface area contributed by atoms with E-state index in [-0.39, 0.29) is 0 Å². The summed E-state index contributed by atoms with van der Waals surface area (Å²) in [6.07, 6.45) is 17.5. The highest BCUT2D eigenvalue weighted by Crippen LogP contribution is 2.68. The van der Waals surface area contributed by atoms with Gasteiger partial charge in [0.05, 0.1) is 0 Å². The van der Waals surface area contributed by atoms with Gasteiger partial charge in [-0.2, -0.15) is 0 Å². The highest BCUT2D eigenvalue weighted by atomic mass is 16.4.